The normalized spacial score (nSPS) is 13.7. The Hall–Kier alpha value is -2.29. The average molecular weight is 435 g/mol. The molecule has 9 nitrogen and oxygen atoms in total. The number of aliphatic hydroxyl groups is 1. The zero-order chi connectivity index (χ0) is 24.5. The minimum atomic E-state index is -0.315. The second-order valence-electron chi connectivity index (χ2n) is 5.62. The molecule has 1 unspecified atom stereocenters. The van der Waals surface area contributed by atoms with Gasteiger partial charge < -0.3 is 31.8 Å². The Morgan fingerprint density at radius 2 is 1.67 bits per heavy atom. The van der Waals surface area contributed by atoms with Gasteiger partial charge in [-0.05, 0) is 39.0 Å². The maximum atomic E-state index is 11.3. The number of ether oxygens (including phenoxy) is 1. The van der Waals surface area contributed by atoms with Crippen LogP contribution in [0.2, 0.25) is 0 Å². The Morgan fingerprint density at radius 1 is 1.20 bits per heavy atom. The van der Waals surface area contributed by atoms with Gasteiger partial charge in [-0.25, -0.2) is 4.79 Å². The SMILES string of the molecule is CC.CC.CCC(O)CC.CCOC(=O)C1=CCC(NC(C)=O)CC1.NC(N)=NO. The molecule has 1 amide bonds. The molecule has 0 heterocycles. The summed E-state index contributed by atoms with van der Waals surface area (Å²) in [6.45, 7) is 15.7. The van der Waals surface area contributed by atoms with Crippen LogP contribution in [0.15, 0.2) is 16.8 Å². The molecule has 9 heteroatoms. The van der Waals surface area contributed by atoms with Crippen molar-refractivity contribution in [3.63, 3.8) is 0 Å². The van der Waals surface area contributed by atoms with E-state index in [0.29, 0.717) is 19.4 Å². The molecule has 0 aliphatic heterocycles. The van der Waals surface area contributed by atoms with Gasteiger partial charge in [-0.2, -0.15) is 0 Å². The molecular formula is C21H46N4O5. The minimum absolute atomic E-state index is 0.0204. The molecule has 0 aromatic heterocycles. The monoisotopic (exact) mass is 434 g/mol. The minimum Gasteiger partial charge on any atom is -0.463 e. The van der Waals surface area contributed by atoms with Gasteiger partial charge in [0.1, 0.15) is 0 Å². The van der Waals surface area contributed by atoms with Gasteiger partial charge in [0.25, 0.3) is 0 Å². The van der Waals surface area contributed by atoms with Crippen molar-refractivity contribution in [2.45, 2.75) is 99.6 Å². The molecule has 0 aromatic rings. The van der Waals surface area contributed by atoms with Crippen molar-refractivity contribution in [3.05, 3.63) is 11.6 Å². The highest BCUT2D eigenvalue weighted by atomic mass is 16.5. The van der Waals surface area contributed by atoms with Gasteiger partial charge in [-0.1, -0.05) is 52.8 Å². The molecule has 7 N–H and O–H groups in total. The van der Waals surface area contributed by atoms with Crippen LogP contribution in [-0.2, 0) is 14.3 Å². The number of carbonyl (C=O) groups is 2. The standard InChI is InChI=1S/C11H17NO3.C5H12O.2C2H6.CH5N3O/c1-3-15-11(14)9-4-6-10(7-5-9)12-8(2)13;1-3-5(6)4-2;2*1-2;2-1(3)4-5/h4,10H,3,5-7H2,1-2H3,(H,12,13);5-6H,3-4H2,1-2H3;2*1-2H3;5H,(H4,2,3,4). The summed E-state index contributed by atoms with van der Waals surface area (Å²) < 4.78 is 4.90. The van der Waals surface area contributed by atoms with Crippen LogP contribution in [0.25, 0.3) is 0 Å². The number of aliphatic hydroxyl groups excluding tert-OH is 1. The first-order valence-corrected chi connectivity index (χ1v) is 10.8. The van der Waals surface area contributed by atoms with Crippen LogP contribution >= 0.6 is 0 Å². The fraction of sp³-hybridized carbons (Fsp3) is 0.762. The first-order valence-electron chi connectivity index (χ1n) is 10.8. The molecule has 0 fully saturated rings. The van der Waals surface area contributed by atoms with E-state index in [2.05, 4.69) is 21.9 Å². The van der Waals surface area contributed by atoms with Gasteiger partial charge in [0.05, 0.1) is 12.7 Å². The molecular weight excluding hydrogens is 388 g/mol. The van der Waals surface area contributed by atoms with E-state index < -0.39 is 0 Å². The Balaban J connectivity index is -0.000000187. The molecule has 0 aromatic carbocycles. The average Bonchev–Trinajstić information content (AvgIpc) is 2.77. The highest BCUT2D eigenvalue weighted by Gasteiger charge is 2.19. The molecule has 1 atom stereocenters. The third-order valence-corrected chi connectivity index (χ3v) is 3.41. The second-order valence-corrected chi connectivity index (χ2v) is 5.62. The van der Waals surface area contributed by atoms with Gasteiger partial charge in [0.15, 0.2) is 0 Å². The number of nitrogens with zero attached hydrogens (tertiary/aromatic N) is 1. The molecule has 0 saturated heterocycles. The predicted molar refractivity (Wildman–Crippen MR) is 123 cm³/mol. The quantitative estimate of drug-likeness (QED) is 0.146. The van der Waals surface area contributed by atoms with E-state index in [1.54, 1.807) is 6.92 Å². The molecule has 1 aliphatic rings. The Bertz CT molecular complexity index is 460. The zero-order valence-electron chi connectivity index (χ0n) is 20.2. The van der Waals surface area contributed by atoms with E-state index in [-0.39, 0.29) is 30.0 Å². The Labute approximate surface area is 182 Å². The maximum Gasteiger partial charge on any atom is 0.333 e. The van der Waals surface area contributed by atoms with Crippen molar-refractivity contribution in [1.82, 2.24) is 5.32 Å². The van der Waals surface area contributed by atoms with Gasteiger partial charge >= 0.3 is 5.97 Å². The van der Waals surface area contributed by atoms with Gasteiger partial charge in [0, 0.05) is 18.5 Å². The van der Waals surface area contributed by atoms with E-state index in [1.807, 2.05) is 47.6 Å². The third-order valence-electron chi connectivity index (χ3n) is 3.41. The lowest BCUT2D eigenvalue weighted by atomic mass is 9.95. The molecule has 180 valence electrons. The molecule has 1 aliphatic carbocycles. The van der Waals surface area contributed by atoms with Gasteiger partial charge in [0.2, 0.25) is 11.9 Å². The number of nitrogens with two attached hydrogens (primary N) is 2. The highest BCUT2D eigenvalue weighted by molar-refractivity contribution is 5.88. The number of nitrogens with one attached hydrogen (secondary N) is 1. The van der Waals surface area contributed by atoms with Gasteiger partial charge in [-0.3, -0.25) is 4.79 Å². The number of hydrogen-bond donors (Lipinski definition) is 5. The third kappa shape index (κ3) is 25.7. The van der Waals surface area contributed by atoms with Crippen molar-refractivity contribution in [2.75, 3.05) is 6.61 Å². The summed E-state index contributed by atoms with van der Waals surface area (Å²) in [6.07, 6.45) is 5.78. The zero-order valence-corrected chi connectivity index (χ0v) is 20.2. The summed E-state index contributed by atoms with van der Waals surface area (Å²) >= 11 is 0. The molecule has 30 heavy (non-hydrogen) atoms. The Morgan fingerprint density at radius 3 is 1.90 bits per heavy atom. The predicted octanol–water partition coefficient (Wildman–Crippen LogP) is 3.03. The van der Waals surface area contributed by atoms with E-state index in [1.165, 1.54) is 6.92 Å². The smallest absolute Gasteiger partial charge is 0.333 e. The van der Waals surface area contributed by atoms with Crippen molar-refractivity contribution in [2.24, 2.45) is 16.6 Å². The first-order chi connectivity index (χ1) is 14.2. The Kier molecular flexibility index (Phi) is 31.3. The summed E-state index contributed by atoms with van der Waals surface area (Å²) in [5.74, 6) is -0.559. The number of guanidine groups is 1. The fourth-order valence-corrected chi connectivity index (χ4v) is 1.95. The number of amides is 1. The molecule has 0 bridgehead atoms. The first kappa shape index (κ1) is 35.2. The lowest BCUT2D eigenvalue weighted by Crippen LogP contribution is -2.34. The summed E-state index contributed by atoms with van der Waals surface area (Å²) in [4.78, 5) is 22.2. The summed E-state index contributed by atoms with van der Waals surface area (Å²) in [7, 11) is 0. The lowest BCUT2D eigenvalue weighted by Gasteiger charge is -2.21. The van der Waals surface area contributed by atoms with Crippen molar-refractivity contribution >= 4 is 17.8 Å². The highest BCUT2D eigenvalue weighted by Crippen LogP contribution is 2.19. The van der Waals surface area contributed by atoms with E-state index in [4.69, 9.17) is 15.1 Å². The van der Waals surface area contributed by atoms with Crippen LogP contribution in [0.4, 0.5) is 0 Å². The summed E-state index contributed by atoms with van der Waals surface area (Å²) in [5, 5.41) is 21.3. The molecule has 1 rings (SSSR count). The summed E-state index contributed by atoms with van der Waals surface area (Å²) in [5.41, 5.74) is 9.87. The molecule has 0 spiro atoms. The van der Waals surface area contributed by atoms with E-state index in [9.17, 15) is 9.59 Å². The van der Waals surface area contributed by atoms with Crippen LogP contribution < -0.4 is 16.8 Å². The number of esters is 1. The van der Waals surface area contributed by atoms with Crippen molar-refractivity contribution in [1.29, 1.82) is 0 Å². The number of rotatable bonds is 5. The van der Waals surface area contributed by atoms with Crippen LogP contribution in [0.1, 0.15) is 87.5 Å². The van der Waals surface area contributed by atoms with E-state index in [0.717, 1.165) is 24.8 Å². The topological polar surface area (TPSA) is 160 Å². The lowest BCUT2D eigenvalue weighted by molar-refractivity contribution is -0.138. The van der Waals surface area contributed by atoms with Gasteiger partial charge in [-0.15, -0.1) is 0 Å². The molecule has 0 radical (unpaired) electrons. The van der Waals surface area contributed by atoms with E-state index >= 15 is 0 Å². The molecule has 0 saturated carbocycles. The van der Waals surface area contributed by atoms with Crippen LogP contribution in [-0.4, -0.2) is 46.9 Å². The summed E-state index contributed by atoms with van der Waals surface area (Å²) in [6, 6.07) is 0.167. The van der Waals surface area contributed by atoms with Crippen molar-refractivity contribution < 1.29 is 24.6 Å². The van der Waals surface area contributed by atoms with Crippen LogP contribution in [0.3, 0.4) is 0 Å². The fourth-order valence-electron chi connectivity index (χ4n) is 1.95. The largest absolute Gasteiger partial charge is 0.463 e. The number of hydrogen-bond acceptors (Lipinski definition) is 6. The number of carbonyl (C=O) groups excluding carboxylic acids is 2. The second kappa shape index (κ2) is 26.7. The maximum absolute atomic E-state index is 11.3. The number of oxime groups is 1. The van der Waals surface area contributed by atoms with Crippen LogP contribution in [0, 0.1) is 0 Å². The van der Waals surface area contributed by atoms with Crippen molar-refractivity contribution in [3.8, 4) is 0 Å². The van der Waals surface area contributed by atoms with Crippen LogP contribution in [0.5, 0.6) is 0 Å².